The standard InChI is InChI=1S/C12H13N3O6S/c1-21-11(17)7-2-4-8(5-3-7)15-22(19,20)9-6-13-12(18)14-10(9)16/h2-5,9,15H,6H2,1H3,(H2,13,14,16,18). The highest BCUT2D eigenvalue weighted by molar-refractivity contribution is 7.94. The van der Waals surface area contributed by atoms with E-state index >= 15 is 0 Å². The summed E-state index contributed by atoms with van der Waals surface area (Å²) >= 11 is 0. The van der Waals surface area contributed by atoms with Gasteiger partial charge in [-0.3, -0.25) is 14.8 Å². The van der Waals surface area contributed by atoms with Gasteiger partial charge in [-0.1, -0.05) is 0 Å². The molecule has 1 aliphatic heterocycles. The number of esters is 1. The largest absolute Gasteiger partial charge is 0.465 e. The number of imide groups is 1. The van der Waals surface area contributed by atoms with Gasteiger partial charge < -0.3 is 10.1 Å². The fourth-order valence-corrected chi connectivity index (χ4v) is 3.04. The Morgan fingerprint density at radius 1 is 1.27 bits per heavy atom. The number of amides is 3. The Morgan fingerprint density at radius 3 is 2.45 bits per heavy atom. The lowest BCUT2D eigenvalue weighted by atomic mass is 10.2. The summed E-state index contributed by atoms with van der Waals surface area (Å²) in [6.07, 6.45) is 0. The molecular formula is C12H13N3O6S. The van der Waals surface area contributed by atoms with Gasteiger partial charge in [-0.05, 0) is 24.3 Å². The van der Waals surface area contributed by atoms with E-state index in [9.17, 15) is 22.8 Å². The fraction of sp³-hybridized carbons (Fsp3) is 0.250. The third kappa shape index (κ3) is 3.34. The van der Waals surface area contributed by atoms with Crippen LogP contribution in [0.1, 0.15) is 10.4 Å². The van der Waals surface area contributed by atoms with Crippen molar-refractivity contribution in [2.75, 3.05) is 18.4 Å². The van der Waals surface area contributed by atoms with Crippen LogP contribution in [0.5, 0.6) is 0 Å². The van der Waals surface area contributed by atoms with Crippen LogP contribution in [-0.2, 0) is 19.6 Å². The van der Waals surface area contributed by atoms with Gasteiger partial charge >= 0.3 is 12.0 Å². The molecule has 9 nitrogen and oxygen atoms in total. The van der Waals surface area contributed by atoms with Gasteiger partial charge in [-0.2, -0.15) is 0 Å². The average molecular weight is 327 g/mol. The maximum Gasteiger partial charge on any atom is 0.337 e. The monoisotopic (exact) mass is 327 g/mol. The Hall–Kier alpha value is -2.62. The van der Waals surface area contributed by atoms with Crippen molar-refractivity contribution in [3.8, 4) is 0 Å². The Kier molecular flexibility index (Phi) is 4.31. The van der Waals surface area contributed by atoms with Crippen molar-refractivity contribution in [2.24, 2.45) is 0 Å². The molecule has 1 atom stereocenters. The predicted octanol–water partition coefficient (Wildman–Crippen LogP) is -0.577. The molecule has 0 aromatic heterocycles. The van der Waals surface area contributed by atoms with E-state index in [0.717, 1.165) is 0 Å². The van der Waals surface area contributed by atoms with E-state index in [1.165, 1.54) is 31.4 Å². The molecule has 1 heterocycles. The van der Waals surface area contributed by atoms with Crippen LogP contribution in [0.25, 0.3) is 0 Å². The summed E-state index contributed by atoms with van der Waals surface area (Å²) < 4.78 is 31.0. The number of hydrogen-bond acceptors (Lipinski definition) is 6. The molecule has 0 aliphatic carbocycles. The molecule has 1 aliphatic rings. The van der Waals surface area contributed by atoms with Gasteiger partial charge in [0.05, 0.1) is 12.7 Å². The van der Waals surface area contributed by atoms with Crippen LogP contribution >= 0.6 is 0 Å². The Morgan fingerprint density at radius 2 is 1.91 bits per heavy atom. The zero-order valence-electron chi connectivity index (χ0n) is 11.5. The topological polar surface area (TPSA) is 131 Å². The first-order valence-electron chi connectivity index (χ1n) is 6.12. The first-order chi connectivity index (χ1) is 10.3. The number of methoxy groups -OCH3 is 1. The van der Waals surface area contributed by atoms with Gasteiger partial charge in [0.15, 0.2) is 5.25 Å². The van der Waals surface area contributed by atoms with Crippen LogP contribution in [0.4, 0.5) is 10.5 Å². The summed E-state index contributed by atoms with van der Waals surface area (Å²) in [5.41, 5.74) is 0.436. The minimum absolute atomic E-state index is 0.178. The number of anilines is 1. The van der Waals surface area contributed by atoms with Gasteiger partial charge in [0, 0.05) is 12.2 Å². The van der Waals surface area contributed by atoms with Gasteiger partial charge in [-0.15, -0.1) is 0 Å². The quantitative estimate of drug-likeness (QED) is 0.634. The number of ether oxygens (including phenoxy) is 1. The summed E-state index contributed by atoms with van der Waals surface area (Å²) in [4.78, 5) is 33.8. The summed E-state index contributed by atoms with van der Waals surface area (Å²) in [7, 11) is -2.81. The number of benzene rings is 1. The third-order valence-corrected chi connectivity index (χ3v) is 4.57. The average Bonchev–Trinajstić information content (AvgIpc) is 2.46. The number of carbonyl (C=O) groups excluding carboxylic acids is 3. The van der Waals surface area contributed by atoms with Crippen molar-refractivity contribution in [2.45, 2.75) is 5.25 Å². The van der Waals surface area contributed by atoms with E-state index in [-0.39, 0.29) is 17.8 Å². The van der Waals surface area contributed by atoms with E-state index < -0.39 is 33.2 Å². The molecule has 0 radical (unpaired) electrons. The lowest BCUT2D eigenvalue weighted by molar-refractivity contribution is -0.120. The van der Waals surface area contributed by atoms with E-state index in [4.69, 9.17) is 0 Å². The SMILES string of the molecule is COC(=O)c1ccc(NS(=O)(=O)C2CNC(=O)NC2=O)cc1. The number of nitrogens with one attached hydrogen (secondary N) is 3. The number of rotatable bonds is 4. The van der Waals surface area contributed by atoms with E-state index in [2.05, 4.69) is 14.8 Å². The Balaban J connectivity index is 2.13. The number of carbonyl (C=O) groups is 3. The molecule has 1 fully saturated rings. The highest BCUT2D eigenvalue weighted by atomic mass is 32.2. The van der Waals surface area contributed by atoms with Gasteiger partial charge in [0.1, 0.15) is 0 Å². The minimum Gasteiger partial charge on any atom is -0.465 e. The molecule has 1 aromatic rings. The zero-order chi connectivity index (χ0) is 16.3. The number of hydrogen-bond donors (Lipinski definition) is 3. The van der Waals surface area contributed by atoms with Crippen molar-refractivity contribution < 1.29 is 27.5 Å². The highest BCUT2D eigenvalue weighted by Gasteiger charge is 2.37. The van der Waals surface area contributed by atoms with Crippen molar-refractivity contribution in [1.29, 1.82) is 0 Å². The van der Waals surface area contributed by atoms with Crippen LogP contribution in [-0.4, -0.2) is 45.2 Å². The molecular weight excluding hydrogens is 314 g/mol. The normalized spacial score (nSPS) is 18.1. The first-order valence-corrected chi connectivity index (χ1v) is 7.67. The van der Waals surface area contributed by atoms with Crippen molar-refractivity contribution in [3.05, 3.63) is 29.8 Å². The summed E-state index contributed by atoms with van der Waals surface area (Å²) in [5.74, 6) is -1.45. The second kappa shape index (κ2) is 6.02. The maximum atomic E-state index is 12.1. The van der Waals surface area contributed by atoms with Crippen LogP contribution in [0, 0.1) is 0 Å². The molecule has 0 bridgehead atoms. The molecule has 3 amide bonds. The van der Waals surface area contributed by atoms with Gasteiger partial charge in [0.2, 0.25) is 15.9 Å². The number of sulfonamides is 1. The van der Waals surface area contributed by atoms with Crippen molar-refractivity contribution in [1.82, 2.24) is 10.6 Å². The summed E-state index contributed by atoms with van der Waals surface area (Å²) in [6.45, 7) is -0.319. The molecule has 2 rings (SSSR count). The van der Waals surface area contributed by atoms with Crippen molar-refractivity contribution in [3.63, 3.8) is 0 Å². The second-order valence-electron chi connectivity index (χ2n) is 4.40. The highest BCUT2D eigenvalue weighted by Crippen LogP contribution is 2.15. The zero-order valence-corrected chi connectivity index (χ0v) is 12.3. The third-order valence-electron chi connectivity index (χ3n) is 2.92. The Labute approximate surface area is 126 Å². The molecule has 22 heavy (non-hydrogen) atoms. The van der Waals surface area contributed by atoms with Crippen molar-refractivity contribution >= 4 is 33.6 Å². The summed E-state index contributed by atoms with van der Waals surface area (Å²) in [6, 6.07) is 4.75. The van der Waals surface area contributed by atoms with E-state index in [1.54, 1.807) is 0 Å². The van der Waals surface area contributed by atoms with E-state index in [1.807, 2.05) is 5.32 Å². The van der Waals surface area contributed by atoms with Gasteiger partial charge in [0.25, 0.3) is 0 Å². The van der Waals surface area contributed by atoms with Crippen LogP contribution < -0.4 is 15.4 Å². The molecule has 1 unspecified atom stereocenters. The first kappa shape index (κ1) is 15.8. The lowest BCUT2D eigenvalue weighted by Gasteiger charge is -2.22. The van der Waals surface area contributed by atoms with Crippen LogP contribution in [0.2, 0.25) is 0 Å². The molecule has 1 aromatic carbocycles. The number of urea groups is 1. The van der Waals surface area contributed by atoms with Crippen LogP contribution in [0.15, 0.2) is 24.3 Å². The second-order valence-corrected chi connectivity index (χ2v) is 6.27. The predicted molar refractivity (Wildman–Crippen MR) is 75.7 cm³/mol. The van der Waals surface area contributed by atoms with E-state index in [0.29, 0.717) is 0 Å². The Bertz CT molecular complexity index is 713. The van der Waals surface area contributed by atoms with Crippen LogP contribution in [0.3, 0.4) is 0 Å². The fourth-order valence-electron chi connectivity index (χ4n) is 1.79. The molecule has 0 spiro atoms. The van der Waals surface area contributed by atoms with Gasteiger partial charge in [-0.25, -0.2) is 18.0 Å². The summed E-state index contributed by atoms with van der Waals surface area (Å²) in [5, 5.41) is 2.68. The molecule has 10 heteroatoms. The molecule has 118 valence electrons. The molecule has 1 saturated heterocycles. The molecule has 0 saturated carbocycles. The smallest absolute Gasteiger partial charge is 0.337 e. The maximum absolute atomic E-state index is 12.1. The minimum atomic E-state index is -4.04. The molecule has 3 N–H and O–H groups in total. The lowest BCUT2D eigenvalue weighted by Crippen LogP contribution is -2.58.